The monoisotopic (exact) mass is 338 g/mol. The molecule has 23 heavy (non-hydrogen) atoms. The van der Waals surface area contributed by atoms with Gasteiger partial charge in [-0.3, -0.25) is 9.59 Å². The van der Waals surface area contributed by atoms with Gasteiger partial charge in [0.05, 0.1) is 18.8 Å². The van der Waals surface area contributed by atoms with Crippen molar-refractivity contribution in [2.75, 3.05) is 32.4 Å². The van der Waals surface area contributed by atoms with Crippen molar-refractivity contribution in [1.29, 1.82) is 0 Å². The molecule has 1 aromatic rings. The number of nitrogens with one attached hydrogen (secondary N) is 1. The lowest BCUT2D eigenvalue weighted by molar-refractivity contribution is -0.128. The van der Waals surface area contributed by atoms with E-state index in [4.69, 9.17) is 4.74 Å². The van der Waals surface area contributed by atoms with Gasteiger partial charge in [0.25, 0.3) is 5.56 Å². The lowest BCUT2D eigenvalue weighted by atomic mass is 10.0. The third kappa shape index (κ3) is 3.34. The number of thioether (sulfide) groups is 1. The summed E-state index contributed by atoms with van der Waals surface area (Å²) in [6.45, 7) is 3.23. The number of hydrogen-bond donors (Lipinski definition) is 1. The Labute approximate surface area is 137 Å². The normalized spacial score (nSPS) is 23.7. The Hall–Kier alpha value is -2.03. The molecule has 2 saturated heterocycles. The van der Waals surface area contributed by atoms with Gasteiger partial charge < -0.3 is 19.5 Å². The maximum atomic E-state index is 12.3. The van der Waals surface area contributed by atoms with Gasteiger partial charge in [-0.2, -0.15) is 0 Å². The number of carbonyl (C=O) groups excluding carboxylic acids is 2. The number of carbonyl (C=O) groups is 2. The second-order valence-corrected chi connectivity index (χ2v) is 6.92. The van der Waals surface area contributed by atoms with Crippen LogP contribution in [0.3, 0.4) is 0 Å². The molecule has 124 valence electrons. The number of ether oxygens (including phenoxy) is 1. The first-order chi connectivity index (χ1) is 10.9. The zero-order valence-corrected chi connectivity index (χ0v) is 13.8. The van der Waals surface area contributed by atoms with Crippen molar-refractivity contribution >= 4 is 23.8 Å². The molecule has 0 bridgehead atoms. The molecule has 0 unspecified atom stereocenters. The van der Waals surface area contributed by atoms with E-state index in [0.717, 1.165) is 0 Å². The molecule has 3 heterocycles. The topological polar surface area (TPSA) is 95.6 Å². The summed E-state index contributed by atoms with van der Waals surface area (Å²) in [7, 11) is 1.69. The van der Waals surface area contributed by atoms with E-state index in [9.17, 15) is 14.4 Å². The summed E-state index contributed by atoms with van der Waals surface area (Å²) in [5.41, 5.74) is -0.180. The van der Waals surface area contributed by atoms with Crippen LogP contribution in [0.4, 0.5) is 4.79 Å². The molecule has 3 rings (SSSR count). The molecule has 9 heteroatoms. The number of aromatic amines is 1. The molecule has 0 aliphatic carbocycles. The molecule has 1 atom stereocenters. The molecule has 1 N–H and O–H groups in total. The van der Waals surface area contributed by atoms with E-state index in [1.807, 2.05) is 0 Å². The van der Waals surface area contributed by atoms with E-state index in [-0.39, 0.29) is 23.3 Å². The Morgan fingerprint density at radius 3 is 2.91 bits per heavy atom. The minimum absolute atomic E-state index is 0.0540. The highest BCUT2D eigenvalue weighted by Crippen LogP contribution is 2.32. The summed E-state index contributed by atoms with van der Waals surface area (Å²) in [6, 6.07) is 1.40. The number of nitrogens with zero attached hydrogens (tertiary/aromatic N) is 3. The summed E-state index contributed by atoms with van der Waals surface area (Å²) in [6.07, 6.45) is 0.314. The van der Waals surface area contributed by atoms with Crippen LogP contribution in [-0.4, -0.2) is 69.8 Å². The molecule has 0 aromatic carbocycles. The van der Waals surface area contributed by atoms with E-state index >= 15 is 0 Å². The van der Waals surface area contributed by atoms with Gasteiger partial charge in [0, 0.05) is 31.8 Å². The van der Waals surface area contributed by atoms with Crippen LogP contribution in [0.25, 0.3) is 0 Å². The molecule has 2 amide bonds. The number of rotatable bonds is 3. The Morgan fingerprint density at radius 1 is 1.48 bits per heavy atom. The molecule has 8 nitrogen and oxygen atoms in total. The Balaban J connectivity index is 1.57. The summed E-state index contributed by atoms with van der Waals surface area (Å²) < 4.78 is 5.42. The van der Waals surface area contributed by atoms with Crippen LogP contribution in [0.2, 0.25) is 0 Å². The fraction of sp³-hybridized carbons (Fsp3) is 0.571. The van der Waals surface area contributed by atoms with Gasteiger partial charge in [-0.1, -0.05) is 11.8 Å². The Morgan fingerprint density at radius 2 is 2.26 bits per heavy atom. The third-order valence-electron chi connectivity index (χ3n) is 3.99. The molecule has 0 radical (unpaired) electrons. The highest BCUT2D eigenvalue weighted by molar-refractivity contribution is 7.99. The maximum Gasteiger partial charge on any atom is 0.410 e. The Kier molecular flexibility index (Phi) is 4.05. The quantitative estimate of drug-likeness (QED) is 0.626. The average Bonchev–Trinajstić information content (AvgIpc) is 2.99. The van der Waals surface area contributed by atoms with Crippen molar-refractivity contribution in [3.63, 3.8) is 0 Å². The second kappa shape index (κ2) is 5.88. The van der Waals surface area contributed by atoms with Crippen LogP contribution in [0, 0.1) is 6.92 Å². The van der Waals surface area contributed by atoms with Gasteiger partial charge in [-0.25, -0.2) is 9.78 Å². The van der Waals surface area contributed by atoms with Crippen LogP contribution in [-0.2, 0) is 9.53 Å². The zero-order valence-electron chi connectivity index (χ0n) is 13.0. The van der Waals surface area contributed by atoms with Crippen molar-refractivity contribution in [2.24, 2.45) is 0 Å². The summed E-state index contributed by atoms with van der Waals surface area (Å²) in [5.74, 6) is 0.133. The molecular formula is C14H18N4O4S. The van der Waals surface area contributed by atoms with Crippen LogP contribution in [0.5, 0.6) is 0 Å². The zero-order chi connectivity index (χ0) is 16.6. The summed E-state index contributed by atoms with van der Waals surface area (Å²) in [5, 5.41) is 0.435. The number of hydrogen-bond acceptors (Lipinski definition) is 6. The number of H-pyrrole nitrogens is 1. The van der Waals surface area contributed by atoms with Crippen LogP contribution >= 0.6 is 11.8 Å². The number of amides is 2. The predicted molar refractivity (Wildman–Crippen MR) is 83.4 cm³/mol. The first-order valence-corrected chi connectivity index (χ1v) is 8.28. The lowest BCUT2D eigenvalue weighted by Gasteiger charge is -2.21. The average molecular weight is 338 g/mol. The number of aromatic nitrogens is 2. The third-order valence-corrected chi connectivity index (χ3v) is 4.85. The van der Waals surface area contributed by atoms with Gasteiger partial charge in [0.2, 0.25) is 5.91 Å². The predicted octanol–water partition coefficient (Wildman–Crippen LogP) is 0.224. The second-order valence-electron chi connectivity index (χ2n) is 5.95. The first-order valence-electron chi connectivity index (χ1n) is 7.30. The molecule has 2 aliphatic heterocycles. The Bertz CT molecular complexity index is 706. The van der Waals surface area contributed by atoms with Crippen molar-refractivity contribution in [3.05, 3.63) is 22.1 Å². The molecule has 2 fully saturated rings. The van der Waals surface area contributed by atoms with E-state index in [1.165, 1.54) is 22.7 Å². The molecule has 1 aromatic heterocycles. The standard InChI is InChI=1S/C14H18N4O4S/c1-9-5-10(19)16-12(15-9)23-6-11(20)18-4-3-14(8-18)7-17(2)13(21)22-14/h5H,3-4,6-8H2,1-2H3,(H,15,16,19)/t14-/m0/s1. The maximum absolute atomic E-state index is 12.3. The van der Waals surface area contributed by atoms with Crippen molar-refractivity contribution in [2.45, 2.75) is 24.1 Å². The van der Waals surface area contributed by atoms with Crippen molar-refractivity contribution in [3.8, 4) is 0 Å². The molecule has 0 saturated carbocycles. The first kappa shape index (κ1) is 15.9. The van der Waals surface area contributed by atoms with Gasteiger partial charge in [0.15, 0.2) is 10.8 Å². The van der Waals surface area contributed by atoms with Crippen LogP contribution in [0.15, 0.2) is 16.0 Å². The number of aryl methyl sites for hydroxylation is 1. The molecule has 2 aliphatic rings. The van der Waals surface area contributed by atoms with Crippen LogP contribution < -0.4 is 5.56 Å². The summed E-state index contributed by atoms with van der Waals surface area (Å²) >= 11 is 1.20. The van der Waals surface area contributed by atoms with Crippen molar-refractivity contribution < 1.29 is 14.3 Å². The van der Waals surface area contributed by atoms with E-state index < -0.39 is 5.60 Å². The fourth-order valence-corrected chi connectivity index (χ4v) is 3.73. The number of likely N-dealkylation sites (tertiary alicyclic amines) is 1. The van der Waals surface area contributed by atoms with Gasteiger partial charge in [-0.15, -0.1) is 0 Å². The van der Waals surface area contributed by atoms with E-state index in [2.05, 4.69) is 9.97 Å². The largest absolute Gasteiger partial charge is 0.439 e. The number of likely N-dealkylation sites (N-methyl/N-ethyl adjacent to an activating group) is 1. The van der Waals surface area contributed by atoms with E-state index in [0.29, 0.717) is 36.9 Å². The van der Waals surface area contributed by atoms with E-state index in [1.54, 1.807) is 18.9 Å². The highest BCUT2D eigenvalue weighted by Gasteiger charge is 2.49. The van der Waals surface area contributed by atoms with Crippen molar-refractivity contribution in [1.82, 2.24) is 19.8 Å². The summed E-state index contributed by atoms with van der Waals surface area (Å²) in [4.78, 5) is 45.3. The smallest absolute Gasteiger partial charge is 0.410 e. The minimum atomic E-state index is -0.567. The highest BCUT2D eigenvalue weighted by atomic mass is 32.2. The lowest BCUT2D eigenvalue weighted by Crippen LogP contribution is -2.39. The van der Waals surface area contributed by atoms with Gasteiger partial charge in [-0.05, 0) is 6.92 Å². The molecular weight excluding hydrogens is 320 g/mol. The minimum Gasteiger partial charge on any atom is -0.439 e. The van der Waals surface area contributed by atoms with Gasteiger partial charge >= 0.3 is 6.09 Å². The SMILES string of the molecule is Cc1cc(=O)[nH]c(SCC(=O)N2CC[C@]3(CN(C)C(=O)O3)C2)n1. The fourth-order valence-electron chi connectivity index (χ4n) is 2.90. The van der Waals surface area contributed by atoms with Crippen LogP contribution in [0.1, 0.15) is 12.1 Å². The molecule has 1 spiro atoms. The van der Waals surface area contributed by atoms with Gasteiger partial charge in [0.1, 0.15) is 0 Å².